The van der Waals surface area contributed by atoms with Crippen molar-refractivity contribution in [1.29, 1.82) is 0 Å². The SMILES string of the molecule is O.O=[PH](O)OC(O)C(O[PH](=O)O)c1cnc2ccccn12. The maximum Gasteiger partial charge on any atom is 0.319 e. The van der Waals surface area contributed by atoms with Gasteiger partial charge in [-0.1, -0.05) is 6.07 Å². The Morgan fingerprint density at radius 2 is 1.86 bits per heavy atom. The summed E-state index contributed by atoms with van der Waals surface area (Å²) in [6.07, 6.45) is -0.402. The van der Waals surface area contributed by atoms with Gasteiger partial charge in [0.15, 0.2) is 12.4 Å². The van der Waals surface area contributed by atoms with Crippen molar-refractivity contribution < 1.29 is 38.5 Å². The highest BCUT2D eigenvalue weighted by Crippen LogP contribution is 2.35. The lowest BCUT2D eigenvalue weighted by atomic mass is 10.2. The first-order chi connectivity index (χ1) is 9.49. The molecule has 0 aliphatic heterocycles. The Labute approximate surface area is 119 Å². The Hall–Kier alpha value is -1.09. The zero-order valence-corrected chi connectivity index (χ0v) is 12.4. The van der Waals surface area contributed by atoms with Gasteiger partial charge >= 0.3 is 16.5 Å². The van der Waals surface area contributed by atoms with E-state index in [0.717, 1.165) is 0 Å². The Bertz CT molecular complexity index is 647. The zero-order chi connectivity index (χ0) is 14.7. The van der Waals surface area contributed by atoms with E-state index in [9.17, 15) is 14.2 Å². The maximum absolute atomic E-state index is 10.9. The lowest BCUT2D eigenvalue weighted by Gasteiger charge is -2.20. The molecule has 2 aromatic rings. The van der Waals surface area contributed by atoms with Crippen LogP contribution in [0.5, 0.6) is 0 Å². The van der Waals surface area contributed by atoms with Crippen molar-refractivity contribution in [3.8, 4) is 0 Å². The molecule has 0 aromatic carbocycles. The van der Waals surface area contributed by atoms with Crippen molar-refractivity contribution in [3.63, 3.8) is 0 Å². The molecule has 0 saturated carbocycles. The number of imidazole rings is 1. The Morgan fingerprint density at radius 1 is 1.19 bits per heavy atom. The highest BCUT2D eigenvalue weighted by molar-refractivity contribution is 7.32. The quantitative estimate of drug-likeness (QED) is 0.475. The molecule has 0 aliphatic carbocycles. The number of hydrogen-bond acceptors (Lipinski definition) is 6. The van der Waals surface area contributed by atoms with Gasteiger partial charge in [0.05, 0.1) is 11.9 Å². The predicted octanol–water partition coefficient (Wildman–Crippen LogP) is -0.334. The minimum Gasteiger partial charge on any atom is -0.412 e. The van der Waals surface area contributed by atoms with E-state index in [1.807, 2.05) is 0 Å². The molecule has 10 nitrogen and oxygen atoms in total. The van der Waals surface area contributed by atoms with Crippen LogP contribution in [0.25, 0.3) is 5.65 Å². The minimum atomic E-state index is -3.44. The van der Waals surface area contributed by atoms with Crippen molar-refractivity contribution in [2.75, 3.05) is 0 Å². The number of aliphatic hydroxyl groups excluding tert-OH is 1. The van der Waals surface area contributed by atoms with E-state index in [1.165, 1.54) is 10.6 Å². The number of hydrogen-bond donors (Lipinski definition) is 3. The van der Waals surface area contributed by atoms with Gasteiger partial charge in [-0.25, -0.2) is 4.98 Å². The second-order valence-corrected chi connectivity index (χ2v) is 5.23. The van der Waals surface area contributed by atoms with E-state index in [1.54, 1.807) is 24.4 Å². The Kier molecular flexibility index (Phi) is 6.66. The fourth-order valence-electron chi connectivity index (χ4n) is 1.70. The van der Waals surface area contributed by atoms with Crippen LogP contribution in [0.1, 0.15) is 11.8 Å². The number of nitrogens with zero attached hydrogens (tertiary/aromatic N) is 2. The van der Waals surface area contributed by atoms with Crippen molar-refractivity contribution in [2.24, 2.45) is 0 Å². The maximum atomic E-state index is 10.9. The summed E-state index contributed by atoms with van der Waals surface area (Å²) in [4.78, 5) is 21.6. The summed E-state index contributed by atoms with van der Waals surface area (Å²) in [6, 6.07) is 5.08. The average molecular weight is 340 g/mol. The highest BCUT2D eigenvalue weighted by Gasteiger charge is 2.29. The monoisotopic (exact) mass is 340 g/mol. The molecule has 12 heteroatoms. The van der Waals surface area contributed by atoms with E-state index in [2.05, 4.69) is 9.51 Å². The highest BCUT2D eigenvalue weighted by atomic mass is 31.1. The van der Waals surface area contributed by atoms with Crippen LogP contribution >= 0.6 is 16.5 Å². The van der Waals surface area contributed by atoms with Crippen LogP contribution in [0.15, 0.2) is 30.6 Å². The Morgan fingerprint density at radius 3 is 2.48 bits per heavy atom. The van der Waals surface area contributed by atoms with Gasteiger partial charge in [0.2, 0.25) is 0 Å². The average Bonchev–Trinajstić information content (AvgIpc) is 2.78. The summed E-state index contributed by atoms with van der Waals surface area (Å²) in [5.41, 5.74) is 0.723. The van der Waals surface area contributed by atoms with Gasteiger partial charge < -0.3 is 24.8 Å². The van der Waals surface area contributed by atoms with Crippen LogP contribution in [0, 0.1) is 0 Å². The first-order valence-electron chi connectivity index (χ1n) is 5.38. The molecule has 4 atom stereocenters. The minimum absolute atomic E-state index is 0. The van der Waals surface area contributed by atoms with Crippen LogP contribution in [0.4, 0.5) is 0 Å². The molecular formula is C9H14N2O8P2. The summed E-state index contributed by atoms with van der Waals surface area (Å²) in [5.74, 6) is 0. The number of aliphatic hydroxyl groups is 1. The van der Waals surface area contributed by atoms with Crippen molar-refractivity contribution in [3.05, 3.63) is 36.3 Å². The third kappa shape index (κ3) is 4.44. The van der Waals surface area contributed by atoms with E-state index in [-0.39, 0.29) is 11.2 Å². The van der Waals surface area contributed by atoms with Gasteiger partial charge in [-0.05, 0) is 12.1 Å². The lowest BCUT2D eigenvalue weighted by Crippen LogP contribution is -2.21. The normalized spacial score (nSPS) is 16.9. The van der Waals surface area contributed by atoms with Crippen LogP contribution in [-0.2, 0) is 18.2 Å². The summed E-state index contributed by atoms with van der Waals surface area (Å²) in [7, 11) is -6.85. The van der Waals surface area contributed by atoms with E-state index in [0.29, 0.717) is 5.65 Å². The van der Waals surface area contributed by atoms with Gasteiger partial charge in [-0.3, -0.25) is 18.2 Å². The summed E-state index contributed by atoms with van der Waals surface area (Å²) >= 11 is 0. The van der Waals surface area contributed by atoms with Gasteiger partial charge in [-0.2, -0.15) is 0 Å². The molecule has 0 radical (unpaired) electrons. The molecule has 0 saturated heterocycles. The van der Waals surface area contributed by atoms with Crippen LogP contribution in [0.2, 0.25) is 0 Å². The Balaban J connectivity index is 0.00000220. The molecule has 21 heavy (non-hydrogen) atoms. The molecule has 4 unspecified atom stereocenters. The third-order valence-corrected chi connectivity index (χ3v) is 3.34. The summed E-state index contributed by atoms with van der Waals surface area (Å²) in [6.45, 7) is 0. The fourth-order valence-corrected chi connectivity index (χ4v) is 2.49. The fraction of sp³-hybridized carbons (Fsp3) is 0.222. The van der Waals surface area contributed by atoms with Gasteiger partial charge in [0, 0.05) is 6.20 Å². The van der Waals surface area contributed by atoms with Crippen LogP contribution < -0.4 is 0 Å². The second kappa shape index (κ2) is 7.79. The molecule has 2 aromatic heterocycles. The van der Waals surface area contributed by atoms with E-state index in [4.69, 9.17) is 14.3 Å². The second-order valence-electron chi connectivity index (χ2n) is 3.69. The predicted molar refractivity (Wildman–Crippen MR) is 72.2 cm³/mol. The largest absolute Gasteiger partial charge is 0.412 e. The standard InChI is InChI=1S/C9H12N2O7P2.H2O/c12-9(18-20(15)16)8(17-19(13)14)6-5-10-7-3-1-2-4-11(6)7;/h1-5,8-9,12,19-20H,(H,13,14)(H,15,16);1H2. The van der Waals surface area contributed by atoms with Crippen molar-refractivity contribution in [2.45, 2.75) is 12.4 Å². The molecule has 2 heterocycles. The number of aromatic nitrogens is 2. The molecule has 0 spiro atoms. The van der Waals surface area contributed by atoms with Gasteiger partial charge in [0.1, 0.15) is 5.65 Å². The summed E-state index contributed by atoms with van der Waals surface area (Å²) < 4.78 is 32.0. The molecule has 5 N–H and O–H groups in total. The first-order valence-corrected chi connectivity index (χ1v) is 7.91. The third-order valence-electron chi connectivity index (χ3n) is 2.45. The lowest BCUT2D eigenvalue weighted by molar-refractivity contribution is -0.0979. The number of fused-ring (bicyclic) bond motifs is 1. The summed E-state index contributed by atoms with van der Waals surface area (Å²) in [5, 5.41) is 9.70. The molecule has 0 aliphatic rings. The topological polar surface area (TPSA) is 162 Å². The van der Waals surface area contributed by atoms with Crippen LogP contribution in [0.3, 0.4) is 0 Å². The molecule has 0 bridgehead atoms. The zero-order valence-electron chi connectivity index (χ0n) is 10.4. The molecule has 2 rings (SSSR count). The first kappa shape index (κ1) is 18.0. The van der Waals surface area contributed by atoms with Crippen molar-refractivity contribution >= 4 is 22.2 Å². The molecule has 118 valence electrons. The van der Waals surface area contributed by atoms with Crippen LogP contribution in [-0.4, -0.2) is 36.0 Å². The number of pyridine rings is 1. The van der Waals surface area contributed by atoms with E-state index < -0.39 is 28.9 Å². The number of rotatable bonds is 6. The molecular weight excluding hydrogens is 326 g/mol. The smallest absolute Gasteiger partial charge is 0.319 e. The van der Waals surface area contributed by atoms with Crippen molar-refractivity contribution in [1.82, 2.24) is 9.38 Å². The van der Waals surface area contributed by atoms with E-state index >= 15 is 0 Å². The molecule has 0 amide bonds. The van der Waals surface area contributed by atoms with Gasteiger partial charge in [0.25, 0.3) is 0 Å². The van der Waals surface area contributed by atoms with Gasteiger partial charge in [-0.15, -0.1) is 0 Å². The molecule has 0 fully saturated rings.